The van der Waals surface area contributed by atoms with E-state index in [4.69, 9.17) is 0 Å². The molecule has 0 heterocycles. The zero-order chi connectivity index (χ0) is 20.9. The molecule has 0 aromatic heterocycles. The van der Waals surface area contributed by atoms with E-state index in [2.05, 4.69) is 8.37 Å². The van der Waals surface area contributed by atoms with Crippen molar-refractivity contribution in [2.75, 3.05) is 13.2 Å². The van der Waals surface area contributed by atoms with Crippen LogP contribution in [0.5, 0.6) is 0 Å². The van der Waals surface area contributed by atoms with Gasteiger partial charge in [-0.05, 0) is 12.1 Å². The Morgan fingerprint density at radius 2 is 1.00 bits per heavy atom. The van der Waals surface area contributed by atoms with Gasteiger partial charge in [-0.25, -0.2) is 0 Å². The van der Waals surface area contributed by atoms with E-state index in [1.807, 2.05) is 0 Å². The number of nitrogens with zero attached hydrogens (tertiary/aromatic N) is 2. The lowest BCUT2D eigenvalue weighted by Gasteiger charge is -2.08. The molecule has 0 amide bonds. The Balaban J connectivity index is 2.08. The van der Waals surface area contributed by atoms with Gasteiger partial charge in [-0.2, -0.15) is 16.8 Å². The Labute approximate surface area is 158 Å². The topological polar surface area (TPSA) is 173 Å². The molecule has 2 aromatic rings. The van der Waals surface area contributed by atoms with Gasteiger partial charge in [0.05, 0.1) is 23.1 Å². The summed E-state index contributed by atoms with van der Waals surface area (Å²) < 4.78 is 57.4. The zero-order valence-corrected chi connectivity index (χ0v) is 15.5. The van der Waals surface area contributed by atoms with E-state index < -0.39 is 64.5 Å². The summed E-state index contributed by atoms with van der Waals surface area (Å²) in [6.45, 7) is -1.59. The fourth-order valence-electron chi connectivity index (χ4n) is 2.05. The summed E-state index contributed by atoms with van der Waals surface area (Å²) in [6, 6.07) is 8.87. The van der Waals surface area contributed by atoms with Crippen molar-refractivity contribution >= 4 is 31.6 Å². The van der Waals surface area contributed by atoms with Crippen LogP contribution in [0.25, 0.3) is 0 Å². The first-order chi connectivity index (χ1) is 13.1. The van der Waals surface area contributed by atoms with Crippen LogP contribution in [0, 0.1) is 20.2 Å². The highest BCUT2D eigenvalue weighted by Gasteiger charge is 2.28. The van der Waals surface area contributed by atoms with E-state index in [9.17, 15) is 37.1 Å². The number of nitro groups is 2. The van der Waals surface area contributed by atoms with Gasteiger partial charge in [-0.3, -0.25) is 28.6 Å². The molecule has 0 bridgehead atoms. The standard InChI is InChI=1S/C14H12N2O10S2/c17-15(18)11-5-1-3-7-13(11)27(21,22)25-9-10-26-28(23,24)14-8-4-2-6-12(14)16(19)20/h1-8H,9-10H2. The normalized spacial score (nSPS) is 11.9. The summed E-state index contributed by atoms with van der Waals surface area (Å²) in [7, 11) is -9.13. The second-order valence-corrected chi connectivity index (χ2v) is 8.17. The monoisotopic (exact) mass is 432 g/mol. The molecular weight excluding hydrogens is 420 g/mol. The third-order valence-corrected chi connectivity index (χ3v) is 5.94. The molecule has 0 aliphatic carbocycles. The summed E-state index contributed by atoms with van der Waals surface area (Å²) in [5.74, 6) is 0. The minimum absolute atomic E-state index is 0.707. The summed E-state index contributed by atoms with van der Waals surface area (Å²) in [5.41, 5.74) is -1.42. The fraction of sp³-hybridized carbons (Fsp3) is 0.143. The Morgan fingerprint density at radius 1 is 0.679 bits per heavy atom. The van der Waals surface area contributed by atoms with Crippen molar-refractivity contribution in [2.45, 2.75) is 9.79 Å². The third-order valence-electron chi connectivity index (χ3n) is 3.22. The molecular formula is C14H12N2O10S2. The first kappa shape index (κ1) is 21.4. The first-order valence-electron chi connectivity index (χ1n) is 7.32. The van der Waals surface area contributed by atoms with Crippen LogP contribution in [-0.4, -0.2) is 39.9 Å². The molecule has 0 fully saturated rings. The predicted octanol–water partition coefficient (Wildman–Crippen LogP) is 1.61. The van der Waals surface area contributed by atoms with Gasteiger partial charge in [-0.15, -0.1) is 0 Å². The molecule has 0 N–H and O–H groups in total. The van der Waals surface area contributed by atoms with Gasteiger partial charge >= 0.3 is 20.2 Å². The molecule has 14 heteroatoms. The van der Waals surface area contributed by atoms with Crippen LogP contribution in [0.15, 0.2) is 58.3 Å². The molecule has 2 rings (SSSR count). The maximum atomic E-state index is 12.1. The number of rotatable bonds is 9. The summed E-state index contributed by atoms with van der Waals surface area (Å²) in [6.07, 6.45) is 0. The minimum atomic E-state index is -4.56. The smallest absolute Gasteiger partial charge is 0.264 e. The SMILES string of the molecule is O=[N+]([O-])c1ccccc1S(=O)(=O)OCCOS(=O)(=O)c1ccccc1[N+](=O)[O-]. The fourth-order valence-corrected chi connectivity index (χ4v) is 4.17. The van der Waals surface area contributed by atoms with E-state index >= 15 is 0 Å². The Kier molecular flexibility index (Phi) is 6.40. The van der Waals surface area contributed by atoms with Crippen molar-refractivity contribution in [2.24, 2.45) is 0 Å². The second kappa shape index (κ2) is 8.39. The molecule has 0 aliphatic heterocycles. The van der Waals surface area contributed by atoms with Crippen LogP contribution in [0.2, 0.25) is 0 Å². The number of benzene rings is 2. The average molecular weight is 432 g/mol. The molecule has 12 nitrogen and oxygen atoms in total. The molecule has 0 spiro atoms. The van der Waals surface area contributed by atoms with E-state index in [1.54, 1.807) is 0 Å². The highest BCUT2D eigenvalue weighted by atomic mass is 32.2. The third kappa shape index (κ3) is 4.86. The number of para-hydroxylation sites is 2. The first-order valence-corrected chi connectivity index (χ1v) is 10.1. The largest absolute Gasteiger partial charge is 0.303 e. The molecule has 0 unspecified atom stereocenters. The Bertz CT molecular complexity index is 1020. The maximum Gasteiger partial charge on any atom is 0.303 e. The van der Waals surface area contributed by atoms with Gasteiger partial charge in [0.1, 0.15) is 0 Å². The van der Waals surface area contributed by atoms with Crippen LogP contribution in [0.3, 0.4) is 0 Å². The van der Waals surface area contributed by atoms with E-state index in [-0.39, 0.29) is 0 Å². The van der Waals surface area contributed by atoms with Gasteiger partial charge in [0.15, 0.2) is 9.79 Å². The number of hydrogen-bond donors (Lipinski definition) is 0. The molecule has 28 heavy (non-hydrogen) atoms. The molecule has 0 atom stereocenters. The van der Waals surface area contributed by atoms with Crippen molar-refractivity contribution in [1.82, 2.24) is 0 Å². The quantitative estimate of drug-likeness (QED) is 0.245. The van der Waals surface area contributed by atoms with Crippen molar-refractivity contribution in [3.63, 3.8) is 0 Å². The number of nitro benzene ring substituents is 2. The van der Waals surface area contributed by atoms with E-state index in [1.165, 1.54) is 24.3 Å². The second-order valence-electron chi connectivity index (χ2n) is 5.00. The molecule has 2 aromatic carbocycles. The van der Waals surface area contributed by atoms with Gasteiger partial charge < -0.3 is 0 Å². The van der Waals surface area contributed by atoms with Gasteiger partial charge in [0.2, 0.25) is 0 Å². The average Bonchev–Trinajstić information content (AvgIpc) is 2.65. The molecule has 0 radical (unpaired) electrons. The van der Waals surface area contributed by atoms with Crippen LogP contribution in [0.1, 0.15) is 0 Å². The highest BCUT2D eigenvalue weighted by Crippen LogP contribution is 2.26. The van der Waals surface area contributed by atoms with Crippen molar-refractivity contribution in [3.05, 3.63) is 68.8 Å². The van der Waals surface area contributed by atoms with E-state index in [0.717, 1.165) is 24.3 Å². The lowest BCUT2D eigenvalue weighted by atomic mass is 10.3. The Morgan fingerprint density at radius 3 is 1.32 bits per heavy atom. The summed E-state index contributed by atoms with van der Waals surface area (Å²) >= 11 is 0. The Hall–Kier alpha value is -2.94. The van der Waals surface area contributed by atoms with Crippen LogP contribution < -0.4 is 0 Å². The molecule has 0 saturated heterocycles. The molecule has 0 saturated carbocycles. The number of hydrogen-bond acceptors (Lipinski definition) is 10. The van der Waals surface area contributed by atoms with Crippen molar-refractivity contribution in [1.29, 1.82) is 0 Å². The van der Waals surface area contributed by atoms with Gasteiger partial charge in [-0.1, -0.05) is 24.3 Å². The molecule has 150 valence electrons. The maximum absolute atomic E-state index is 12.1. The zero-order valence-electron chi connectivity index (χ0n) is 13.8. The molecule has 0 aliphatic rings. The van der Waals surface area contributed by atoms with Gasteiger partial charge in [0, 0.05) is 12.1 Å². The van der Waals surface area contributed by atoms with Crippen LogP contribution in [-0.2, 0) is 28.6 Å². The highest BCUT2D eigenvalue weighted by molar-refractivity contribution is 7.87. The lowest BCUT2D eigenvalue weighted by molar-refractivity contribution is -0.388. The van der Waals surface area contributed by atoms with Crippen molar-refractivity contribution < 1.29 is 35.0 Å². The summed E-state index contributed by atoms with van der Waals surface area (Å²) in [4.78, 5) is 18.6. The predicted molar refractivity (Wildman–Crippen MR) is 92.5 cm³/mol. The van der Waals surface area contributed by atoms with Gasteiger partial charge in [0.25, 0.3) is 11.4 Å². The summed E-state index contributed by atoms with van der Waals surface area (Å²) in [5, 5.41) is 21.8. The van der Waals surface area contributed by atoms with Crippen LogP contribution >= 0.6 is 0 Å². The van der Waals surface area contributed by atoms with Crippen molar-refractivity contribution in [3.8, 4) is 0 Å². The lowest BCUT2D eigenvalue weighted by Crippen LogP contribution is -2.16. The van der Waals surface area contributed by atoms with Crippen LogP contribution in [0.4, 0.5) is 11.4 Å². The minimum Gasteiger partial charge on any atom is -0.264 e. The van der Waals surface area contributed by atoms with E-state index in [0.29, 0.717) is 0 Å².